The molecule has 33 heavy (non-hydrogen) atoms. The smallest absolute Gasteiger partial charge is 0.127 e. The van der Waals surface area contributed by atoms with Crippen LogP contribution < -0.4 is 0 Å². The second-order valence-corrected chi connectivity index (χ2v) is 10.5. The van der Waals surface area contributed by atoms with Gasteiger partial charge >= 0.3 is 0 Å². The van der Waals surface area contributed by atoms with Crippen LogP contribution in [0.25, 0.3) is 0 Å². The van der Waals surface area contributed by atoms with Gasteiger partial charge in [0.1, 0.15) is 6.17 Å². The molecular weight excluding hydrogens is 400 g/mol. The lowest BCUT2D eigenvalue weighted by atomic mass is 10.0. The molecule has 1 heterocycles. The summed E-state index contributed by atoms with van der Waals surface area (Å²) < 4.78 is 0. The van der Waals surface area contributed by atoms with Crippen LogP contribution in [0.3, 0.4) is 0 Å². The van der Waals surface area contributed by atoms with Crippen molar-refractivity contribution in [3.63, 3.8) is 0 Å². The van der Waals surface area contributed by atoms with Gasteiger partial charge in [0.25, 0.3) is 0 Å². The van der Waals surface area contributed by atoms with E-state index in [2.05, 4.69) is 73.3 Å². The Balaban J connectivity index is 1.43. The van der Waals surface area contributed by atoms with Crippen LogP contribution in [-0.2, 0) is 0 Å². The van der Waals surface area contributed by atoms with Crippen LogP contribution in [0.1, 0.15) is 142 Å². The van der Waals surface area contributed by atoms with Gasteiger partial charge in [-0.2, -0.15) is 0 Å². The fourth-order valence-corrected chi connectivity index (χ4v) is 5.16. The molecule has 0 fully saturated rings. The maximum absolute atomic E-state index is 2.54. The summed E-state index contributed by atoms with van der Waals surface area (Å²) in [7, 11) is 0. The largest absolute Gasteiger partial charge is 0.352 e. The summed E-state index contributed by atoms with van der Waals surface area (Å²) in [4.78, 5) is 5.03. The van der Waals surface area contributed by atoms with E-state index in [4.69, 9.17) is 0 Å². The zero-order valence-electron chi connectivity index (χ0n) is 22.3. The van der Waals surface area contributed by atoms with Crippen molar-refractivity contribution in [2.75, 3.05) is 6.54 Å². The average molecular weight is 455 g/mol. The number of rotatable bonds is 20. The predicted octanol–water partition coefficient (Wildman–Crippen LogP) is 9.83. The van der Waals surface area contributed by atoms with Gasteiger partial charge in [-0.15, -0.1) is 0 Å². The minimum absolute atomic E-state index is 0.368. The molecule has 1 aliphatic heterocycles. The summed E-state index contributed by atoms with van der Waals surface area (Å²) in [6, 6.07) is 11.5. The van der Waals surface area contributed by atoms with E-state index in [0.717, 1.165) is 6.54 Å². The molecule has 0 spiro atoms. The Morgan fingerprint density at radius 1 is 0.606 bits per heavy atom. The van der Waals surface area contributed by atoms with E-state index < -0.39 is 0 Å². The van der Waals surface area contributed by atoms with E-state index in [-0.39, 0.29) is 0 Å². The monoisotopic (exact) mass is 454 g/mol. The Labute approximate surface area is 206 Å². The molecule has 0 amide bonds. The zero-order chi connectivity index (χ0) is 23.6. The molecule has 0 aromatic heterocycles. The molecule has 1 unspecified atom stereocenters. The van der Waals surface area contributed by atoms with E-state index in [1.165, 1.54) is 115 Å². The Hall–Kier alpha value is -1.44. The van der Waals surface area contributed by atoms with E-state index in [1.54, 1.807) is 0 Å². The van der Waals surface area contributed by atoms with Gasteiger partial charge in [-0.25, -0.2) is 0 Å². The van der Waals surface area contributed by atoms with Crippen molar-refractivity contribution in [2.45, 2.75) is 142 Å². The van der Waals surface area contributed by atoms with Crippen molar-refractivity contribution in [1.29, 1.82) is 0 Å². The lowest BCUT2D eigenvalue weighted by molar-refractivity contribution is 0.126. The van der Waals surface area contributed by atoms with Crippen molar-refractivity contribution in [3.05, 3.63) is 48.3 Å². The minimum atomic E-state index is 0.368. The lowest BCUT2D eigenvalue weighted by Gasteiger charge is -2.35. The molecule has 1 aromatic carbocycles. The van der Waals surface area contributed by atoms with E-state index >= 15 is 0 Å². The molecular formula is C31H54N2. The topological polar surface area (TPSA) is 6.48 Å². The van der Waals surface area contributed by atoms with Crippen LogP contribution in [0.15, 0.2) is 42.7 Å². The first-order chi connectivity index (χ1) is 16.2. The molecule has 1 atom stereocenters. The first kappa shape index (κ1) is 27.8. The van der Waals surface area contributed by atoms with Gasteiger partial charge in [0, 0.05) is 25.0 Å². The molecule has 2 heteroatoms. The molecule has 2 nitrogen and oxygen atoms in total. The third-order valence-electron chi connectivity index (χ3n) is 7.24. The highest BCUT2D eigenvalue weighted by atomic mass is 15.4. The number of unbranched alkanes of at least 4 members (excludes halogenated alkanes) is 16. The van der Waals surface area contributed by atoms with Gasteiger partial charge in [-0.05, 0) is 25.8 Å². The molecule has 0 bridgehead atoms. The summed E-state index contributed by atoms with van der Waals surface area (Å²) in [5, 5.41) is 0. The van der Waals surface area contributed by atoms with Crippen molar-refractivity contribution in [3.8, 4) is 0 Å². The van der Waals surface area contributed by atoms with Crippen LogP contribution >= 0.6 is 0 Å². The SMILES string of the molecule is CCCCCCCCCCCCCCCCCCCN1C=CN(C(C)C)C1c1ccccc1. The van der Waals surface area contributed by atoms with E-state index in [1.807, 2.05) is 0 Å². The second-order valence-electron chi connectivity index (χ2n) is 10.5. The quantitative estimate of drug-likeness (QED) is 0.181. The Bertz CT molecular complexity index is 594. The minimum Gasteiger partial charge on any atom is -0.352 e. The number of hydrogen-bond acceptors (Lipinski definition) is 2. The molecule has 1 aromatic rings. The second kappa shape index (κ2) is 18.0. The van der Waals surface area contributed by atoms with Gasteiger partial charge in [0.15, 0.2) is 0 Å². The molecule has 0 aliphatic carbocycles. The Kier molecular flexibility index (Phi) is 15.1. The summed E-state index contributed by atoms with van der Waals surface area (Å²) in [5.41, 5.74) is 1.41. The zero-order valence-corrected chi connectivity index (χ0v) is 22.3. The molecule has 0 saturated carbocycles. The van der Waals surface area contributed by atoms with Crippen molar-refractivity contribution < 1.29 is 0 Å². The van der Waals surface area contributed by atoms with E-state index in [0.29, 0.717) is 12.2 Å². The molecule has 0 saturated heterocycles. The van der Waals surface area contributed by atoms with Gasteiger partial charge in [0.05, 0.1) is 0 Å². The van der Waals surface area contributed by atoms with E-state index in [9.17, 15) is 0 Å². The van der Waals surface area contributed by atoms with Crippen LogP contribution in [-0.4, -0.2) is 22.4 Å². The van der Waals surface area contributed by atoms with Crippen LogP contribution in [0, 0.1) is 0 Å². The predicted molar refractivity (Wildman–Crippen MR) is 146 cm³/mol. The fraction of sp³-hybridized carbons (Fsp3) is 0.742. The Morgan fingerprint density at radius 3 is 1.52 bits per heavy atom. The summed E-state index contributed by atoms with van der Waals surface area (Å²) in [5.74, 6) is 0. The van der Waals surface area contributed by atoms with Gasteiger partial charge in [-0.1, -0.05) is 140 Å². The third kappa shape index (κ3) is 11.5. The molecule has 0 N–H and O–H groups in total. The van der Waals surface area contributed by atoms with Gasteiger partial charge < -0.3 is 9.80 Å². The number of benzene rings is 1. The Morgan fingerprint density at radius 2 is 1.06 bits per heavy atom. The lowest BCUT2D eigenvalue weighted by Crippen LogP contribution is -2.35. The first-order valence-corrected chi connectivity index (χ1v) is 14.5. The van der Waals surface area contributed by atoms with Crippen LogP contribution in [0.5, 0.6) is 0 Å². The highest BCUT2D eigenvalue weighted by molar-refractivity contribution is 5.22. The third-order valence-corrected chi connectivity index (χ3v) is 7.24. The fourth-order valence-electron chi connectivity index (χ4n) is 5.16. The van der Waals surface area contributed by atoms with Crippen molar-refractivity contribution in [2.24, 2.45) is 0 Å². The summed E-state index contributed by atoms with van der Waals surface area (Å²) >= 11 is 0. The highest BCUT2D eigenvalue weighted by Crippen LogP contribution is 2.32. The molecule has 1 aliphatic rings. The number of hydrogen-bond donors (Lipinski definition) is 0. The molecule has 2 rings (SSSR count). The average Bonchev–Trinajstić information content (AvgIpc) is 3.26. The van der Waals surface area contributed by atoms with Crippen LogP contribution in [0.2, 0.25) is 0 Å². The number of nitrogens with zero attached hydrogens (tertiary/aromatic N) is 2. The molecule has 0 radical (unpaired) electrons. The highest BCUT2D eigenvalue weighted by Gasteiger charge is 2.28. The maximum Gasteiger partial charge on any atom is 0.127 e. The van der Waals surface area contributed by atoms with Crippen molar-refractivity contribution >= 4 is 0 Å². The normalized spacial score (nSPS) is 15.8. The van der Waals surface area contributed by atoms with Crippen LogP contribution in [0.4, 0.5) is 0 Å². The van der Waals surface area contributed by atoms with Gasteiger partial charge in [0.2, 0.25) is 0 Å². The maximum atomic E-state index is 2.54. The van der Waals surface area contributed by atoms with Gasteiger partial charge in [-0.3, -0.25) is 0 Å². The molecule has 188 valence electrons. The standard InChI is InChI=1S/C31H54N2/c1-4-5-6-7-8-9-10-11-12-13-14-15-16-17-18-19-23-26-32-27-28-33(29(2)3)31(32)30-24-21-20-22-25-30/h20-22,24-25,27-29,31H,4-19,23,26H2,1-3H3. The first-order valence-electron chi connectivity index (χ1n) is 14.5. The van der Waals surface area contributed by atoms with Crippen molar-refractivity contribution in [1.82, 2.24) is 9.80 Å². The summed E-state index contributed by atoms with van der Waals surface area (Å²) in [6.45, 7) is 8.05. The summed E-state index contributed by atoms with van der Waals surface area (Å²) in [6.07, 6.45) is 29.3.